The fraction of sp³-hybridized carbons (Fsp3) is 0.400. The molecular weight excluding hydrogens is 205 g/mol. The van der Waals surface area contributed by atoms with Gasteiger partial charge in [0.15, 0.2) is 0 Å². The molecule has 0 radical (unpaired) electrons. The molecule has 2 N–H and O–H groups in total. The van der Waals surface area contributed by atoms with Gasteiger partial charge in [0.1, 0.15) is 0 Å². The molecule has 1 aromatic heterocycles. The van der Waals surface area contributed by atoms with Gasteiger partial charge in [0.25, 0.3) is 0 Å². The summed E-state index contributed by atoms with van der Waals surface area (Å²) in [6, 6.07) is 0. The predicted octanol–water partition coefficient (Wildman–Crippen LogP) is 1.01. The van der Waals surface area contributed by atoms with Gasteiger partial charge in [-0.2, -0.15) is 5.10 Å². The standard InChI is InChI=1S/C5H9N3S.2ClH/c1-8-4(2-6)5(9)3-7-8;;/h3,9H,2,6H2,1H3;2*1H. The van der Waals surface area contributed by atoms with E-state index in [1.807, 2.05) is 7.05 Å². The number of aryl methyl sites for hydroxylation is 1. The molecule has 0 saturated carbocycles. The van der Waals surface area contributed by atoms with Crippen molar-refractivity contribution in [3.8, 4) is 0 Å². The van der Waals surface area contributed by atoms with E-state index in [-0.39, 0.29) is 24.8 Å². The summed E-state index contributed by atoms with van der Waals surface area (Å²) in [5.74, 6) is 0. The second kappa shape index (κ2) is 5.71. The van der Waals surface area contributed by atoms with Crippen LogP contribution in [0.4, 0.5) is 0 Å². The monoisotopic (exact) mass is 215 g/mol. The maximum absolute atomic E-state index is 5.39. The Kier molecular flexibility index (Phi) is 7.10. The van der Waals surface area contributed by atoms with Crippen LogP contribution >= 0.6 is 37.4 Å². The summed E-state index contributed by atoms with van der Waals surface area (Å²) in [6.45, 7) is 0.495. The number of thiol groups is 1. The third kappa shape index (κ3) is 2.91. The van der Waals surface area contributed by atoms with Gasteiger partial charge in [-0.05, 0) is 0 Å². The Morgan fingerprint density at radius 1 is 1.64 bits per heavy atom. The van der Waals surface area contributed by atoms with Gasteiger partial charge in [-0.15, -0.1) is 37.4 Å². The average Bonchev–Trinajstić information content (AvgIpc) is 2.12. The van der Waals surface area contributed by atoms with Crippen molar-refractivity contribution in [3.63, 3.8) is 0 Å². The summed E-state index contributed by atoms with van der Waals surface area (Å²) >= 11 is 4.14. The summed E-state index contributed by atoms with van der Waals surface area (Å²) in [5.41, 5.74) is 6.36. The van der Waals surface area contributed by atoms with Crippen LogP contribution in [0.5, 0.6) is 0 Å². The van der Waals surface area contributed by atoms with E-state index in [0.29, 0.717) is 6.54 Å². The molecule has 1 heterocycles. The third-order valence-electron chi connectivity index (χ3n) is 1.23. The molecule has 0 aliphatic heterocycles. The average molecular weight is 216 g/mol. The van der Waals surface area contributed by atoms with Crippen LogP contribution in [0.25, 0.3) is 0 Å². The molecule has 11 heavy (non-hydrogen) atoms. The Hall–Kier alpha value is 0.1000. The van der Waals surface area contributed by atoms with Crippen LogP contribution in [0, 0.1) is 0 Å². The van der Waals surface area contributed by atoms with Gasteiger partial charge in [0.2, 0.25) is 0 Å². The van der Waals surface area contributed by atoms with Gasteiger partial charge in [0, 0.05) is 18.5 Å². The zero-order chi connectivity index (χ0) is 6.85. The van der Waals surface area contributed by atoms with Gasteiger partial charge < -0.3 is 5.73 Å². The molecule has 1 aromatic rings. The van der Waals surface area contributed by atoms with Crippen LogP contribution in [0.2, 0.25) is 0 Å². The fourth-order valence-corrected chi connectivity index (χ4v) is 0.976. The molecule has 1 rings (SSSR count). The van der Waals surface area contributed by atoms with Gasteiger partial charge in [-0.25, -0.2) is 0 Å². The third-order valence-corrected chi connectivity index (χ3v) is 1.61. The van der Waals surface area contributed by atoms with Crippen LogP contribution in [0.1, 0.15) is 5.69 Å². The normalized spacial score (nSPS) is 8.27. The first kappa shape index (κ1) is 13.7. The quantitative estimate of drug-likeness (QED) is 0.688. The number of nitrogens with two attached hydrogens (primary N) is 1. The summed E-state index contributed by atoms with van der Waals surface area (Å²) in [4.78, 5) is 0.861. The first-order valence-corrected chi connectivity index (χ1v) is 3.10. The Balaban J connectivity index is 0. The van der Waals surface area contributed by atoms with E-state index in [2.05, 4.69) is 17.7 Å². The number of aromatic nitrogens is 2. The van der Waals surface area contributed by atoms with Crippen molar-refractivity contribution >= 4 is 37.4 Å². The minimum atomic E-state index is 0. The highest BCUT2D eigenvalue weighted by Crippen LogP contribution is 2.09. The van der Waals surface area contributed by atoms with Crippen molar-refractivity contribution in [3.05, 3.63) is 11.9 Å². The second-order valence-corrected chi connectivity index (χ2v) is 2.29. The lowest BCUT2D eigenvalue weighted by Gasteiger charge is -1.95. The largest absolute Gasteiger partial charge is 0.325 e. The highest BCUT2D eigenvalue weighted by Gasteiger charge is 2.00. The number of hydrogen-bond acceptors (Lipinski definition) is 3. The molecule has 0 fully saturated rings. The van der Waals surface area contributed by atoms with Crippen molar-refractivity contribution in [1.82, 2.24) is 9.78 Å². The minimum absolute atomic E-state index is 0. The van der Waals surface area contributed by atoms with E-state index < -0.39 is 0 Å². The molecule has 0 aliphatic rings. The molecule has 0 saturated heterocycles. The van der Waals surface area contributed by atoms with E-state index in [0.717, 1.165) is 10.6 Å². The van der Waals surface area contributed by atoms with Crippen molar-refractivity contribution in [2.24, 2.45) is 12.8 Å². The van der Waals surface area contributed by atoms with Gasteiger partial charge in [0.05, 0.1) is 11.9 Å². The van der Waals surface area contributed by atoms with Crippen molar-refractivity contribution in [1.29, 1.82) is 0 Å². The topological polar surface area (TPSA) is 43.8 Å². The molecule has 0 atom stereocenters. The number of nitrogens with zero attached hydrogens (tertiary/aromatic N) is 2. The number of rotatable bonds is 1. The molecule has 66 valence electrons. The van der Waals surface area contributed by atoms with Crippen LogP contribution in [0.3, 0.4) is 0 Å². The van der Waals surface area contributed by atoms with Gasteiger partial charge in [-0.1, -0.05) is 0 Å². The van der Waals surface area contributed by atoms with E-state index >= 15 is 0 Å². The summed E-state index contributed by atoms with van der Waals surface area (Å²) < 4.78 is 1.72. The zero-order valence-corrected chi connectivity index (χ0v) is 8.55. The lowest BCUT2D eigenvalue weighted by Crippen LogP contribution is -2.04. The lowest BCUT2D eigenvalue weighted by molar-refractivity contribution is 0.707. The molecule has 0 spiro atoms. The Bertz CT molecular complexity index is 194. The van der Waals surface area contributed by atoms with Crippen LogP contribution in [-0.4, -0.2) is 9.78 Å². The van der Waals surface area contributed by atoms with E-state index in [1.165, 1.54) is 0 Å². The Morgan fingerprint density at radius 3 is 2.36 bits per heavy atom. The molecule has 0 amide bonds. The van der Waals surface area contributed by atoms with Crippen molar-refractivity contribution in [2.45, 2.75) is 11.4 Å². The summed E-state index contributed by atoms with van der Waals surface area (Å²) in [6.07, 6.45) is 1.69. The number of halogens is 2. The highest BCUT2D eigenvalue weighted by molar-refractivity contribution is 7.80. The SMILES string of the molecule is Cl.Cl.Cn1ncc(S)c1CN. The van der Waals surface area contributed by atoms with Crippen LogP contribution in [-0.2, 0) is 13.6 Å². The first-order valence-electron chi connectivity index (χ1n) is 2.65. The van der Waals surface area contributed by atoms with E-state index in [4.69, 9.17) is 5.73 Å². The Morgan fingerprint density at radius 2 is 2.18 bits per heavy atom. The van der Waals surface area contributed by atoms with Crippen LogP contribution < -0.4 is 5.73 Å². The molecule has 0 unspecified atom stereocenters. The van der Waals surface area contributed by atoms with Crippen molar-refractivity contribution < 1.29 is 0 Å². The molecule has 6 heteroatoms. The molecule has 0 bridgehead atoms. The van der Waals surface area contributed by atoms with Crippen LogP contribution in [0.15, 0.2) is 11.1 Å². The van der Waals surface area contributed by atoms with Gasteiger partial charge in [-0.3, -0.25) is 4.68 Å². The van der Waals surface area contributed by atoms with E-state index in [9.17, 15) is 0 Å². The summed E-state index contributed by atoms with van der Waals surface area (Å²) in [7, 11) is 1.85. The van der Waals surface area contributed by atoms with Crippen molar-refractivity contribution in [2.75, 3.05) is 0 Å². The zero-order valence-electron chi connectivity index (χ0n) is 6.02. The highest BCUT2D eigenvalue weighted by atomic mass is 35.5. The maximum atomic E-state index is 5.39. The smallest absolute Gasteiger partial charge is 0.0649 e. The second-order valence-electron chi connectivity index (χ2n) is 1.80. The van der Waals surface area contributed by atoms with E-state index in [1.54, 1.807) is 10.9 Å². The lowest BCUT2D eigenvalue weighted by atomic mass is 10.4. The minimum Gasteiger partial charge on any atom is -0.325 e. The summed E-state index contributed by atoms with van der Waals surface area (Å²) in [5, 5.41) is 3.95. The predicted molar refractivity (Wildman–Crippen MR) is 52.8 cm³/mol. The van der Waals surface area contributed by atoms with Gasteiger partial charge >= 0.3 is 0 Å². The Labute approximate surface area is 83.6 Å². The maximum Gasteiger partial charge on any atom is 0.0649 e. The molecule has 3 nitrogen and oxygen atoms in total. The molecular formula is C5H11Cl2N3S. The number of hydrogen-bond donors (Lipinski definition) is 2. The molecule has 0 aromatic carbocycles. The fourth-order valence-electron chi connectivity index (χ4n) is 0.688. The first-order chi connectivity index (χ1) is 4.25. The molecule has 0 aliphatic carbocycles.